The van der Waals surface area contributed by atoms with E-state index in [0.29, 0.717) is 49.9 Å². The van der Waals surface area contributed by atoms with Crippen LogP contribution in [0.1, 0.15) is 51.4 Å². The number of nitrogens with zero attached hydrogens (tertiary/aromatic N) is 4. The molecule has 152 valence electrons. The van der Waals surface area contributed by atoms with E-state index >= 15 is 0 Å². The third-order valence-electron chi connectivity index (χ3n) is 5.59. The topological polar surface area (TPSA) is 118 Å². The predicted molar refractivity (Wildman–Crippen MR) is 103 cm³/mol. The van der Waals surface area contributed by atoms with Crippen LogP contribution in [0.15, 0.2) is 20.0 Å². The van der Waals surface area contributed by atoms with Gasteiger partial charge in [-0.1, -0.05) is 0 Å². The minimum atomic E-state index is 0.521. The molecule has 2 rings (SSSR count). The maximum atomic E-state index is 9.90. The summed E-state index contributed by atoms with van der Waals surface area (Å²) in [7, 11) is 0. The van der Waals surface area contributed by atoms with Crippen molar-refractivity contribution in [2.24, 2.45) is 43.6 Å². The van der Waals surface area contributed by atoms with Gasteiger partial charge in [0.05, 0.1) is 26.2 Å². The van der Waals surface area contributed by atoms with E-state index in [-0.39, 0.29) is 0 Å². The summed E-state index contributed by atoms with van der Waals surface area (Å²) in [6.45, 7) is 2.42. The van der Waals surface area contributed by atoms with Crippen molar-refractivity contribution in [2.75, 3.05) is 26.2 Å². The van der Waals surface area contributed by atoms with Crippen LogP contribution in [0.25, 0.3) is 0 Å². The third kappa shape index (κ3) is 10.6. The molecule has 0 radical (unpaired) electrons. The highest BCUT2D eigenvalue weighted by molar-refractivity contribution is 5.33. The first kappa shape index (κ1) is 23.6. The number of isocyanates is 4. The first-order valence-electron chi connectivity index (χ1n) is 9.87. The Morgan fingerprint density at radius 3 is 0.750 bits per heavy atom. The maximum absolute atomic E-state index is 9.90. The van der Waals surface area contributed by atoms with Crippen LogP contribution in [0.5, 0.6) is 0 Å². The largest absolute Gasteiger partial charge is 0.234 e. The van der Waals surface area contributed by atoms with Gasteiger partial charge < -0.3 is 0 Å². The van der Waals surface area contributed by atoms with Gasteiger partial charge in [-0.2, -0.15) is 0 Å². The van der Waals surface area contributed by atoms with E-state index in [4.69, 9.17) is 0 Å². The molecule has 0 aromatic heterocycles. The fraction of sp³-hybridized carbons (Fsp3) is 0.800. The fourth-order valence-electron chi connectivity index (χ4n) is 3.86. The van der Waals surface area contributed by atoms with E-state index in [2.05, 4.69) is 20.0 Å². The summed E-state index contributed by atoms with van der Waals surface area (Å²) in [5.41, 5.74) is 0. The molecule has 0 aromatic rings. The third-order valence-corrected chi connectivity index (χ3v) is 5.59. The van der Waals surface area contributed by atoms with Gasteiger partial charge in [-0.15, -0.1) is 0 Å². The Balaban J connectivity index is 0.000000280. The van der Waals surface area contributed by atoms with Crippen LogP contribution in [-0.2, 0) is 19.2 Å². The van der Waals surface area contributed by atoms with Gasteiger partial charge in [-0.05, 0) is 75.0 Å². The lowest BCUT2D eigenvalue weighted by atomic mass is 9.82. The van der Waals surface area contributed by atoms with Crippen molar-refractivity contribution in [2.45, 2.75) is 51.4 Å². The molecular formula is C20H28N4O4. The Hall–Kier alpha value is -2.48. The number of hydrogen-bond acceptors (Lipinski definition) is 8. The molecule has 8 heteroatoms. The second kappa shape index (κ2) is 15.6. The molecule has 0 N–H and O–H groups in total. The van der Waals surface area contributed by atoms with E-state index in [1.807, 2.05) is 0 Å². The number of rotatable bonds is 8. The van der Waals surface area contributed by atoms with E-state index in [1.54, 1.807) is 24.3 Å². The van der Waals surface area contributed by atoms with Crippen LogP contribution in [0.3, 0.4) is 0 Å². The highest BCUT2D eigenvalue weighted by Gasteiger charge is 2.21. The van der Waals surface area contributed by atoms with Gasteiger partial charge in [0.25, 0.3) is 0 Å². The van der Waals surface area contributed by atoms with E-state index in [9.17, 15) is 19.2 Å². The monoisotopic (exact) mass is 388 g/mol. The molecular weight excluding hydrogens is 360 g/mol. The molecule has 0 heterocycles. The second-order valence-corrected chi connectivity index (χ2v) is 7.50. The van der Waals surface area contributed by atoms with Crippen LogP contribution in [0.2, 0.25) is 0 Å². The molecule has 0 bridgehead atoms. The van der Waals surface area contributed by atoms with Crippen LogP contribution < -0.4 is 0 Å². The van der Waals surface area contributed by atoms with Crippen molar-refractivity contribution in [3.8, 4) is 0 Å². The number of hydrogen-bond donors (Lipinski definition) is 0. The lowest BCUT2D eigenvalue weighted by Crippen LogP contribution is -2.18. The molecule has 0 saturated heterocycles. The normalized spacial score (nSPS) is 26.0. The molecule has 0 unspecified atom stereocenters. The van der Waals surface area contributed by atoms with Crippen LogP contribution in [0, 0.1) is 23.7 Å². The highest BCUT2D eigenvalue weighted by atomic mass is 16.1. The Bertz CT molecular complexity index is 515. The van der Waals surface area contributed by atoms with Crippen molar-refractivity contribution in [3.63, 3.8) is 0 Å². The minimum Gasteiger partial charge on any atom is -0.211 e. The molecule has 0 amide bonds. The van der Waals surface area contributed by atoms with Crippen LogP contribution in [0.4, 0.5) is 0 Å². The molecule has 2 aliphatic carbocycles. The zero-order valence-electron chi connectivity index (χ0n) is 16.2. The van der Waals surface area contributed by atoms with Crippen molar-refractivity contribution in [3.05, 3.63) is 0 Å². The molecule has 2 saturated carbocycles. The summed E-state index contributed by atoms with van der Waals surface area (Å²) in [6.07, 6.45) is 14.9. The van der Waals surface area contributed by atoms with Crippen LogP contribution in [-0.4, -0.2) is 50.5 Å². The molecule has 0 spiro atoms. The summed E-state index contributed by atoms with van der Waals surface area (Å²) in [4.78, 5) is 54.0. The summed E-state index contributed by atoms with van der Waals surface area (Å²) in [6, 6.07) is 0. The maximum Gasteiger partial charge on any atom is 0.234 e. The zero-order chi connectivity index (χ0) is 20.5. The average molecular weight is 388 g/mol. The van der Waals surface area contributed by atoms with Crippen molar-refractivity contribution in [1.29, 1.82) is 0 Å². The van der Waals surface area contributed by atoms with Gasteiger partial charge in [-0.25, -0.2) is 39.1 Å². The standard InChI is InChI=1S/2C10H14N2O2/c2*13-7-11-5-9-1-2-10(4-3-9)6-12-8-14/h2*9-10H,1-6H2. The number of carbonyl (C=O) groups excluding carboxylic acids is 4. The molecule has 0 aromatic carbocycles. The molecule has 8 nitrogen and oxygen atoms in total. The van der Waals surface area contributed by atoms with Crippen molar-refractivity contribution < 1.29 is 19.2 Å². The van der Waals surface area contributed by atoms with Gasteiger partial charge in [0, 0.05) is 0 Å². The zero-order valence-corrected chi connectivity index (χ0v) is 16.2. The molecule has 2 fully saturated rings. The lowest BCUT2D eigenvalue weighted by molar-refractivity contribution is 0.285. The van der Waals surface area contributed by atoms with E-state index < -0.39 is 0 Å². The first-order chi connectivity index (χ1) is 13.7. The van der Waals surface area contributed by atoms with Gasteiger partial charge in [-0.3, -0.25) is 0 Å². The fourth-order valence-corrected chi connectivity index (χ4v) is 3.86. The quantitative estimate of drug-likeness (QED) is 0.469. The van der Waals surface area contributed by atoms with E-state index in [0.717, 1.165) is 51.4 Å². The molecule has 0 atom stereocenters. The second-order valence-electron chi connectivity index (χ2n) is 7.50. The lowest BCUT2D eigenvalue weighted by Gasteiger charge is -2.25. The summed E-state index contributed by atoms with van der Waals surface area (Å²) >= 11 is 0. The minimum absolute atomic E-state index is 0.521. The SMILES string of the molecule is O=C=NCC1CCC(CN=C=O)CC1.O=C=NCC1CCC(CN=C=O)CC1. The number of aliphatic imine (C=N–C) groups is 4. The van der Waals surface area contributed by atoms with Gasteiger partial charge in [0.15, 0.2) is 0 Å². The summed E-state index contributed by atoms with van der Waals surface area (Å²) in [5.74, 6) is 2.08. The molecule has 2 aliphatic rings. The Morgan fingerprint density at radius 1 is 0.429 bits per heavy atom. The Morgan fingerprint density at radius 2 is 0.607 bits per heavy atom. The van der Waals surface area contributed by atoms with E-state index in [1.165, 1.54) is 0 Å². The Kier molecular flexibility index (Phi) is 13.1. The van der Waals surface area contributed by atoms with Gasteiger partial charge in [0.2, 0.25) is 24.3 Å². The molecule has 28 heavy (non-hydrogen) atoms. The van der Waals surface area contributed by atoms with Crippen molar-refractivity contribution in [1.82, 2.24) is 0 Å². The summed E-state index contributed by atoms with van der Waals surface area (Å²) < 4.78 is 0. The smallest absolute Gasteiger partial charge is 0.211 e. The molecule has 0 aliphatic heterocycles. The van der Waals surface area contributed by atoms with Gasteiger partial charge >= 0.3 is 0 Å². The highest BCUT2D eigenvalue weighted by Crippen LogP contribution is 2.29. The first-order valence-corrected chi connectivity index (χ1v) is 9.87. The van der Waals surface area contributed by atoms with Gasteiger partial charge in [0.1, 0.15) is 0 Å². The van der Waals surface area contributed by atoms with Crippen LogP contribution >= 0.6 is 0 Å². The predicted octanol–water partition coefficient (Wildman–Crippen LogP) is 2.93. The average Bonchev–Trinajstić information content (AvgIpc) is 2.75. The Labute approximate surface area is 165 Å². The summed E-state index contributed by atoms with van der Waals surface area (Å²) in [5, 5.41) is 0. The van der Waals surface area contributed by atoms with Crippen molar-refractivity contribution >= 4 is 24.3 Å².